The number of benzene rings is 1. The summed E-state index contributed by atoms with van der Waals surface area (Å²) in [5, 5.41) is 18.8. The summed E-state index contributed by atoms with van der Waals surface area (Å²) in [4.78, 5) is 2.08. The summed E-state index contributed by atoms with van der Waals surface area (Å²) in [5.74, 6) is 0.361. The van der Waals surface area contributed by atoms with Crippen molar-refractivity contribution < 1.29 is 5.21 Å². The fourth-order valence-electron chi connectivity index (χ4n) is 1.89. The van der Waals surface area contributed by atoms with Gasteiger partial charge >= 0.3 is 0 Å². The van der Waals surface area contributed by atoms with E-state index in [1.165, 1.54) is 0 Å². The second-order valence-electron chi connectivity index (χ2n) is 4.37. The molecule has 0 heterocycles. The molecular formula is C13H22N2O2. The Morgan fingerprint density at radius 1 is 1.18 bits per heavy atom. The van der Waals surface area contributed by atoms with Gasteiger partial charge in [0.25, 0.3) is 0 Å². The lowest BCUT2D eigenvalue weighted by atomic mass is 10.0. The van der Waals surface area contributed by atoms with Gasteiger partial charge in [-0.1, -0.05) is 19.9 Å². The zero-order valence-electron chi connectivity index (χ0n) is 11.0. The lowest BCUT2D eigenvalue weighted by molar-refractivity contribution is 0.296. The van der Waals surface area contributed by atoms with Gasteiger partial charge in [-0.2, -0.15) is 5.23 Å². The number of anilines is 2. The van der Waals surface area contributed by atoms with Crippen LogP contribution >= 0.6 is 0 Å². The molecule has 0 atom stereocenters. The Hall–Kier alpha value is -1.26. The van der Waals surface area contributed by atoms with Crippen molar-refractivity contribution in [1.82, 2.24) is 0 Å². The molecule has 0 fully saturated rings. The van der Waals surface area contributed by atoms with Gasteiger partial charge in [-0.15, -0.1) is 0 Å². The minimum atomic E-state index is 0.208. The lowest BCUT2D eigenvalue weighted by Gasteiger charge is -2.28. The summed E-state index contributed by atoms with van der Waals surface area (Å²) >= 11 is 0. The molecule has 0 amide bonds. The Morgan fingerprint density at radius 2 is 1.76 bits per heavy atom. The number of hydrogen-bond donors (Lipinski definition) is 0. The third-order valence-corrected chi connectivity index (χ3v) is 2.99. The Kier molecular flexibility index (Phi) is 4.78. The van der Waals surface area contributed by atoms with Crippen molar-refractivity contribution in [2.75, 3.05) is 23.2 Å². The standard InChI is InChI=1S/C13H21N2O2/c1-5-14(6-2)12-8-7-11(10(3)4)9-13(12)15(16)17/h7-10,16H,5-6H2,1-4H3/q-1/p+1. The molecule has 0 aromatic heterocycles. The molecule has 2 N–H and O–H groups in total. The number of rotatable bonds is 5. The van der Waals surface area contributed by atoms with E-state index in [2.05, 4.69) is 18.7 Å². The van der Waals surface area contributed by atoms with Gasteiger partial charge in [-0.05, 0) is 37.5 Å². The predicted octanol–water partition coefficient (Wildman–Crippen LogP) is 2.60. The van der Waals surface area contributed by atoms with Gasteiger partial charge in [0.2, 0.25) is 0 Å². The highest BCUT2D eigenvalue weighted by atomic mass is 16.8. The molecule has 0 aliphatic rings. The second kappa shape index (κ2) is 5.89. The molecule has 0 aliphatic carbocycles. The minimum absolute atomic E-state index is 0.208. The van der Waals surface area contributed by atoms with Crippen LogP contribution in [0.5, 0.6) is 0 Å². The minimum Gasteiger partial charge on any atom is -0.694 e. The summed E-state index contributed by atoms with van der Waals surface area (Å²) in [6, 6.07) is 5.79. The van der Waals surface area contributed by atoms with Gasteiger partial charge in [0.05, 0.1) is 5.69 Å². The van der Waals surface area contributed by atoms with Crippen LogP contribution in [0.2, 0.25) is 0 Å². The molecule has 1 rings (SSSR count). The van der Waals surface area contributed by atoms with Crippen molar-refractivity contribution in [2.45, 2.75) is 33.6 Å². The highest BCUT2D eigenvalue weighted by Gasteiger charge is 2.13. The maximum atomic E-state index is 11.3. The van der Waals surface area contributed by atoms with E-state index >= 15 is 0 Å². The molecule has 17 heavy (non-hydrogen) atoms. The van der Waals surface area contributed by atoms with Gasteiger partial charge in [-0.3, -0.25) is 0 Å². The Balaban J connectivity index is 3.21. The average Bonchev–Trinajstić information content (AvgIpc) is 2.30. The first-order valence-corrected chi connectivity index (χ1v) is 6.08. The average molecular weight is 238 g/mol. The summed E-state index contributed by atoms with van der Waals surface area (Å²) in [5.41, 5.74) is 2.35. The van der Waals surface area contributed by atoms with E-state index in [-0.39, 0.29) is 5.23 Å². The summed E-state index contributed by atoms with van der Waals surface area (Å²) < 4.78 is 0. The predicted molar refractivity (Wildman–Crippen MR) is 73.6 cm³/mol. The van der Waals surface area contributed by atoms with Gasteiger partial charge in [0, 0.05) is 13.1 Å². The van der Waals surface area contributed by atoms with E-state index in [1.807, 2.05) is 32.0 Å². The van der Waals surface area contributed by atoms with Crippen LogP contribution < -0.4 is 10.1 Å². The zero-order valence-corrected chi connectivity index (χ0v) is 11.0. The topological polar surface area (TPSA) is 52.4 Å². The second-order valence-corrected chi connectivity index (χ2v) is 4.37. The van der Waals surface area contributed by atoms with Crippen molar-refractivity contribution in [3.63, 3.8) is 0 Å². The van der Waals surface area contributed by atoms with Crippen LogP contribution in [0.3, 0.4) is 0 Å². The molecule has 0 bridgehead atoms. The van der Waals surface area contributed by atoms with Crippen LogP contribution in [0.4, 0.5) is 11.4 Å². The third kappa shape index (κ3) is 3.11. The molecule has 0 saturated heterocycles. The Labute approximate surface area is 103 Å². The van der Waals surface area contributed by atoms with Crippen LogP contribution in [0.25, 0.3) is 0 Å². The molecule has 0 radical (unpaired) electrons. The normalized spacial score (nSPS) is 10.8. The van der Waals surface area contributed by atoms with Gasteiger partial charge in [0.1, 0.15) is 5.69 Å². The molecule has 4 nitrogen and oxygen atoms in total. The molecule has 0 spiro atoms. The first kappa shape index (κ1) is 13.8. The number of nitrogens with zero attached hydrogens (tertiary/aromatic N) is 2. The molecule has 0 saturated carbocycles. The van der Waals surface area contributed by atoms with Crippen LogP contribution in [-0.4, -0.2) is 18.3 Å². The van der Waals surface area contributed by atoms with Crippen molar-refractivity contribution in [2.24, 2.45) is 0 Å². The SMILES string of the molecule is CCN(CC)c1ccc(C(C)C)cc1N([O-])[OH2+]. The maximum absolute atomic E-state index is 11.3. The van der Waals surface area contributed by atoms with E-state index in [9.17, 15) is 5.21 Å². The van der Waals surface area contributed by atoms with Crippen LogP contribution in [-0.2, 0) is 0 Å². The molecule has 0 unspecified atom stereocenters. The number of hydrogen-bond acceptors (Lipinski definition) is 3. The summed E-state index contributed by atoms with van der Waals surface area (Å²) in [6.07, 6.45) is 0. The Morgan fingerprint density at radius 3 is 2.18 bits per heavy atom. The van der Waals surface area contributed by atoms with Gasteiger partial charge < -0.3 is 15.3 Å². The molecule has 96 valence electrons. The molecule has 0 aliphatic heterocycles. The first-order chi connectivity index (χ1) is 8.01. The van der Waals surface area contributed by atoms with E-state index in [4.69, 9.17) is 5.21 Å². The van der Waals surface area contributed by atoms with Gasteiger partial charge in [0.15, 0.2) is 0 Å². The highest BCUT2D eigenvalue weighted by molar-refractivity contribution is 5.71. The molecule has 4 heteroatoms. The van der Waals surface area contributed by atoms with Crippen LogP contribution in [0.1, 0.15) is 39.2 Å². The van der Waals surface area contributed by atoms with Gasteiger partial charge in [-0.25, -0.2) is 0 Å². The fraction of sp³-hybridized carbons (Fsp3) is 0.538. The summed E-state index contributed by atoms with van der Waals surface area (Å²) in [7, 11) is 0. The van der Waals surface area contributed by atoms with E-state index in [0.717, 1.165) is 24.3 Å². The Bertz CT molecular complexity index is 360. The van der Waals surface area contributed by atoms with E-state index < -0.39 is 0 Å². The van der Waals surface area contributed by atoms with Crippen LogP contribution in [0.15, 0.2) is 18.2 Å². The third-order valence-electron chi connectivity index (χ3n) is 2.99. The fourth-order valence-corrected chi connectivity index (χ4v) is 1.89. The monoisotopic (exact) mass is 238 g/mol. The van der Waals surface area contributed by atoms with E-state index in [1.54, 1.807) is 0 Å². The molecular weight excluding hydrogens is 216 g/mol. The first-order valence-electron chi connectivity index (χ1n) is 6.08. The smallest absolute Gasteiger partial charge is 0.120 e. The zero-order chi connectivity index (χ0) is 13.0. The van der Waals surface area contributed by atoms with E-state index in [0.29, 0.717) is 11.6 Å². The summed E-state index contributed by atoms with van der Waals surface area (Å²) in [6.45, 7) is 9.91. The maximum Gasteiger partial charge on any atom is 0.120 e. The lowest BCUT2D eigenvalue weighted by Crippen LogP contribution is -2.24. The van der Waals surface area contributed by atoms with Crippen molar-refractivity contribution >= 4 is 11.4 Å². The van der Waals surface area contributed by atoms with Crippen LogP contribution in [0, 0.1) is 5.21 Å². The van der Waals surface area contributed by atoms with Crippen molar-refractivity contribution in [3.05, 3.63) is 29.0 Å². The highest BCUT2D eigenvalue weighted by Crippen LogP contribution is 2.31. The molecule has 1 aromatic rings. The van der Waals surface area contributed by atoms with Crippen molar-refractivity contribution in [3.8, 4) is 0 Å². The van der Waals surface area contributed by atoms with Crippen molar-refractivity contribution in [1.29, 1.82) is 0 Å². The molecule has 1 aromatic carbocycles. The largest absolute Gasteiger partial charge is 0.694 e. The quantitative estimate of drug-likeness (QED) is 0.585.